The highest BCUT2D eigenvalue weighted by atomic mass is 16.5. The molecular weight excluding hydrogens is 354 g/mol. The van der Waals surface area contributed by atoms with Crippen molar-refractivity contribution >= 4 is 12.2 Å². The van der Waals surface area contributed by atoms with Crippen molar-refractivity contribution < 1.29 is 23.4 Å². The molecule has 5 nitrogen and oxygen atoms in total. The van der Waals surface area contributed by atoms with Gasteiger partial charge in [0, 0.05) is 6.42 Å². The smallest absolute Gasteiger partial charge is 0.161 e. The maximum Gasteiger partial charge on any atom is 0.161 e. The third-order valence-corrected chi connectivity index (χ3v) is 4.56. The normalized spacial score (nSPS) is 11.5. The van der Waals surface area contributed by atoms with Gasteiger partial charge in [-0.3, -0.25) is 0 Å². The number of hydrogen-bond donors (Lipinski definition) is 0. The molecular formula is C23H32NO4+. The molecule has 0 aliphatic heterocycles. The molecule has 0 radical (unpaired) electrons. The Morgan fingerprint density at radius 1 is 0.714 bits per heavy atom. The first-order chi connectivity index (χ1) is 13.3. The van der Waals surface area contributed by atoms with E-state index in [-0.39, 0.29) is 0 Å². The zero-order valence-electron chi connectivity index (χ0n) is 18.0. The van der Waals surface area contributed by atoms with Crippen LogP contribution in [0.25, 0.3) is 12.2 Å². The van der Waals surface area contributed by atoms with E-state index in [9.17, 15) is 0 Å². The zero-order chi connectivity index (χ0) is 20.7. The first-order valence-electron chi connectivity index (χ1n) is 9.26. The molecule has 5 heteroatoms. The van der Waals surface area contributed by atoms with Crippen LogP contribution in [0.15, 0.2) is 30.3 Å². The third-order valence-electron chi connectivity index (χ3n) is 4.56. The van der Waals surface area contributed by atoms with Crippen molar-refractivity contribution in [2.45, 2.75) is 6.42 Å². The minimum absolute atomic E-state index is 0.710. The second-order valence-corrected chi connectivity index (χ2v) is 7.62. The number of benzene rings is 2. The summed E-state index contributed by atoms with van der Waals surface area (Å²) in [5, 5.41) is 0. The summed E-state index contributed by atoms with van der Waals surface area (Å²) in [7, 11) is 13.2. The first-order valence-corrected chi connectivity index (χ1v) is 9.26. The Morgan fingerprint density at radius 2 is 1.29 bits per heavy atom. The molecule has 2 aromatic rings. The third kappa shape index (κ3) is 5.67. The molecule has 2 rings (SSSR count). The first kappa shape index (κ1) is 21.6. The zero-order valence-corrected chi connectivity index (χ0v) is 18.0. The fourth-order valence-electron chi connectivity index (χ4n) is 2.91. The van der Waals surface area contributed by atoms with Gasteiger partial charge in [0.25, 0.3) is 0 Å². The van der Waals surface area contributed by atoms with Crippen molar-refractivity contribution in [3.05, 3.63) is 47.0 Å². The topological polar surface area (TPSA) is 36.9 Å². The Morgan fingerprint density at radius 3 is 1.86 bits per heavy atom. The molecule has 0 aromatic heterocycles. The molecule has 2 aromatic carbocycles. The van der Waals surface area contributed by atoms with Crippen LogP contribution in [0.3, 0.4) is 0 Å². The predicted octanol–water partition coefficient (Wildman–Crippen LogP) is 4.14. The predicted molar refractivity (Wildman–Crippen MR) is 115 cm³/mol. The lowest BCUT2D eigenvalue weighted by Crippen LogP contribution is -2.36. The summed E-state index contributed by atoms with van der Waals surface area (Å²) in [5.74, 6) is 2.90. The quantitative estimate of drug-likeness (QED) is 0.479. The summed E-state index contributed by atoms with van der Waals surface area (Å²) in [6, 6.07) is 9.97. The number of ether oxygens (including phenoxy) is 4. The second kappa shape index (κ2) is 9.51. The van der Waals surface area contributed by atoms with E-state index in [0.29, 0.717) is 5.75 Å². The number of rotatable bonds is 9. The molecule has 28 heavy (non-hydrogen) atoms. The molecule has 0 N–H and O–H groups in total. The Hall–Kier alpha value is -2.66. The van der Waals surface area contributed by atoms with Crippen LogP contribution in [0.2, 0.25) is 0 Å². The van der Waals surface area contributed by atoms with Gasteiger partial charge in [-0.15, -0.1) is 0 Å². The molecule has 0 saturated carbocycles. The molecule has 0 unspecified atom stereocenters. The summed E-state index contributed by atoms with van der Waals surface area (Å²) >= 11 is 0. The lowest BCUT2D eigenvalue weighted by Gasteiger charge is -2.24. The van der Waals surface area contributed by atoms with E-state index in [1.807, 2.05) is 24.3 Å². The van der Waals surface area contributed by atoms with Crippen molar-refractivity contribution in [2.24, 2.45) is 0 Å². The highest BCUT2D eigenvalue weighted by molar-refractivity contribution is 5.74. The van der Waals surface area contributed by atoms with Crippen LogP contribution in [0.1, 0.15) is 16.7 Å². The van der Waals surface area contributed by atoms with E-state index < -0.39 is 0 Å². The molecule has 0 fully saturated rings. The number of nitrogens with zero attached hydrogens (tertiary/aromatic N) is 1. The maximum absolute atomic E-state index is 5.50. The number of likely N-dealkylation sites (N-methyl/N-ethyl adjacent to an activating group) is 1. The van der Waals surface area contributed by atoms with Gasteiger partial charge in [-0.1, -0.05) is 18.2 Å². The Kier molecular flexibility index (Phi) is 7.35. The van der Waals surface area contributed by atoms with E-state index in [1.54, 1.807) is 28.4 Å². The van der Waals surface area contributed by atoms with E-state index >= 15 is 0 Å². The van der Waals surface area contributed by atoms with Crippen LogP contribution >= 0.6 is 0 Å². The fraction of sp³-hybridized carbons (Fsp3) is 0.391. The van der Waals surface area contributed by atoms with Crippen molar-refractivity contribution in [1.82, 2.24) is 0 Å². The minimum atomic E-state index is 0.710. The number of quaternary nitrogens is 1. The van der Waals surface area contributed by atoms with E-state index in [0.717, 1.165) is 45.8 Å². The van der Waals surface area contributed by atoms with E-state index in [2.05, 4.69) is 39.4 Å². The van der Waals surface area contributed by atoms with Gasteiger partial charge in [0.1, 0.15) is 0 Å². The summed E-state index contributed by atoms with van der Waals surface area (Å²) in [5.41, 5.74) is 3.37. The van der Waals surface area contributed by atoms with Crippen molar-refractivity contribution in [3.8, 4) is 23.0 Å². The second-order valence-electron chi connectivity index (χ2n) is 7.62. The number of hydrogen-bond acceptors (Lipinski definition) is 4. The van der Waals surface area contributed by atoms with Gasteiger partial charge in [0.15, 0.2) is 23.0 Å². The Labute approximate surface area is 168 Å². The maximum atomic E-state index is 5.50. The van der Waals surface area contributed by atoms with Gasteiger partial charge >= 0.3 is 0 Å². The van der Waals surface area contributed by atoms with Gasteiger partial charge in [0.05, 0.1) is 56.1 Å². The standard InChI is InChI=1S/C23H32NO4/c1-24(2,3)13-12-19-16-23(28-7)22(27-6)15-18(19)10-8-17-9-11-20(25-4)21(14-17)26-5/h8-11,14-16H,12-13H2,1-7H3/q+1/b10-8-. The molecule has 0 aliphatic rings. The minimum Gasteiger partial charge on any atom is -0.493 e. The van der Waals surface area contributed by atoms with Gasteiger partial charge in [-0.25, -0.2) is 0 Å². The Balaban J connectivity index is 2.40. The number of methoxy groups -OCH3 is 4. The van der Waals surface area contributed by atoms with Crippen LogP contribution in [0.5, 0.6) is 23.0 Å². The van der Waals surface area contributed by atoms with Crippen LogP contribution in [0.4, 0.5) is 0 Å². The summed E-state index contributed by atoms with van der Waals surface area (Å²) < 4.78 is 22.6. The van der Waals surface area contributed by atoms with Crippen LogP contribution in [-0.4, -0.2) is 60.6 Å². The van der Waals surface area contributed by atoms with Gasteiger partial charge in [-0.2, -0.15) is 0 Å². The van der Waals surface area contributed by atoms with Crippen molar-refractivity contribution in [2.75, 3.05) is 56.1 Å². The van der Waals surface area contributed by atoms with Crippen molar-refractivity contribution in [3.63, 3.8) is 0 Å². The van der Waals surface area contributed by atoms with Crippen LogP contribution < -0.4 is 18.9 Å². The van der Waals surface area contributed by atoms with Crippen LogP contribution in [-0.2, 0) is 6.42 Å². The molecule has 0 heterocycles. The molecule has 0 atom stereocenters. The van der Waals surface area contributed by atoms with Crippen LogP contribution in [0, 0.1) is 0 Å². The highest BCUT2D eigenvalue weighted by Crippen LogP contribution is 2.33. The molecule has 152 valence electrons. The highest BCUT2D eigenvalue weighted by Gasteiger charge is 2.13. The average molecular weight is 387 g/mol. The van der Waals surface area contributed by atoms with E-state index in [1.165, 1.54) is 5.56 Å². The van der Waals surface area contributed by atoms with Crippen molar-refractivity contribution in [1.29, 1.82) is 0 Å². The largest absolute Gasteiger partial charge is 0.493 e. The summed E-state index contributed by atoms with van der Waals surface area (Å²) in [6.07, 6.45) is 5.11. The SMILES string of the molecule is COc1ccc(/C=C\c2cc(OC)c(OC)cc2CC[N+](C)(C)C)cc1OC. The summed E-state index contributed by atoms with van der Waals surface area (Å²) in [4.78, 5) is 0. The van der Waals surface area contributed by atoms with E-state index in [4.69, 9.17) is 18.9 Å². The molecule has 0 spiro atoms. The Bertz CT molecular complexity index is 822. The molecule has 0 bridgehead atoms. The fourth-order valence-corrected chi connectivity index (χ4v) is 2.91. The molecule has 0 saturated heterocycles. The molecule has 0 amide bonds. The summed E-state index contributed by atoms with van der Waals surface area (Å²) in [6.45, 7) is 1.02. The molecule has 0 aliphatic carbocycles. The van der Waals surface area contributed by atoms with Gasteiger partial charge < -0.3 is 23.4 Å². The average Bonchev–Trinajstić information content (AvgIpc) is 2.69. The lowest BCUT2D eigenvalue weighted by molar-refractivity contribution is -0.870. The lowest BCUT2D eigenvalue weighted by atomic mass is 10.0. The monoisotopic (exact) mass is 386 g/mol. The van der Waals surface area contributed by atoms with Gasteiger partial charge in [0.2, 0.25) is 0 Å². The van der Waals surface area contributed by atoms with Gasteiger partial charge in [-0.05, 0) is 41.0 Å².